The number of ether oxygens (including phenoxy) is 1. The molecule has 1 atom stereocenters. The second-order valence-electron chi connectivity index (χ2n) is 2.98. The van der Waals surface area contributed by atoms with Crippen LogP contribution < -0.4 is 4.74 Å². The quantitative estimate of drug-likeness (QED) is 0.754. The van der Waals surface area contributed by atoms with Gasteiger partial charge in [0, 0.05) is 12.0 Å². The van der Waals surface area contributed by atoms with Crippen molar-refractivity contribution in [3.8, 4) is 11.5 Å². The van der Waals surface area contributed by atoms with E-state index in [1.54, 1.807) is 6.07 Å². The number of aromatic hydroxyl groups is 1. The number of carboxylic acid groups (broad SMARTS) is 1. The van der Waals surface area contributed by atoms with Crippen LogP contribution in [0.1, 0.15) is 15.9 Å². The third kappa shape index (κ3) is 1.33. The number of carbonyl (C=O) groups is 1. The van der Waals surface area contributed by atoms with Crippen LogP contribution in [0.3, 0.4) is 0 Å². The van der Waals surface area contributed by atoms with Crippen molar-refractivity contribution in [2.24, 2.45) is 0 Å². The number of carboxylic acids is 1. The molecule has 1 heterocycles. The van der Waals surface area contributed by atoms with Gasteiger partial charge < -0.3 is 14.9 Å². The normalized spacial score (nSPS) is 18.8. The highest BCUT2D eigenvalue weighted by molar-refractivity contribution is 9.09. The van der Waals surface area contributed by atoms with Crippen molar-refractivity contribution in [1.82, 2.24) is 0 Å². The molecule has 5 heteroatoms. The van der Waals surface area contributed by atoms with Gasteiger partial charge in [0.25, 0.3) is 0 Å². The molecule has 1 unspecified atom stereocenters. The smallest absolute Gasteiger partial charge is 0.339 e. The number of alkyl halides is 1. The van der Waals surface area contributed by atoms with Gasteiger partial charge in [-0.25, -0.2) is 4.79 Å². The van der Waals surface area contributed by atoms with Crippen LogP contribution in [-0.2, 0) is 6.42 Å². The lowest BCUT2D eigenvalue weighted by molar-refractivity contribution is 0.0693. The highest BCUT2D eigenvalue weighted by atomic mass is 79.9. The molecule has 0 radical (unpaired) electrons. The molecular formula is C9H7BrO4. The van der Waals surface area contributed by atoms with E-state index in [-0.39, 0.29) is 16.3 Å². The zero-order chi connectivity index (χ0) is 10.3. The molecule has 2 rings (SSSR count). The number of rotatable bonds is 1. The van der Waals surface area contributed by atoms with Crippen LogP contribution >= 0.6 is 15.9 Å². The van der Waals surface area contributed by atoms with Crippen molar-refractivity contribution in [2.45, 2.75) is 11.4 Å². The maximum absolute atomic E-state index is 10.7. The van der Waals surface area contributed by atoms with E-state index in [0.29, 0.717) is 17.7 Å². The van der Waals surface area contributed by atoms with Gasteiger partial charge in [0.2, 0.25) is 0 Å². The Kier molecular flexibility index (Phi) is 2.11. The van der Waals surface area contributed by atoms with Gasteiger partial charge in [-0.15, -0.1) is 0 Å². The molecule has 1 aromatic rings. The van der Waals surface area contributed by atoms with Crippen LogP contribution in [0.2, 0.25) is 0 Å². The van der Waals surface area contributed by atoms with Gasteiger partial charge in [-0.3, -0.25) is 0 Å². The maximum Gasteiger partial charge on any atom is 0.339 e. The summed E-state index contributed by atoms with van der Waals surface area (Å²) in [5.41, 5.74) is 0.459. The van der Waals surface area contributed by atoms with E-state index in [1.807, 2.05) is 0 Å². The van der Waals surface area contributed by atoms with Crippen molar-refractivity contribution < 1.29 is 19.7 Å². The first-order valence-corrected chi connectivity index (χ1v) is 4.90. The molecule has 0 bridgehead atoms. The number of aromatic carboxylic acids is 1. The number of fused-ring (bicyclic) bond motifs is 1. The fourth-order valence-corrected chi connectivity index (χ4v) is 1.96. The van der Waals surface area contributed by atoms with E-state index < -0.39 is 5.97 Å². The van der Waals surface area contributed by atoms with E-state index in [1.165, 1.54) is 6.07 Å². The minimum absolute atomic E-state index is 0.0889. The van der Waals surface area contributed by atoms with Gasteiger partial charge in [0.15, 0.2) is 5.01 Å². The predicted molar refractivity (Wildman–Crippen MR) is 52.1 cm³/mol. The molecule has 1 aliphatic heterocycles. The first-order valence-electron chi connectivity index (χ1n) is 3.98. The third-order valence-electron chi connectivity index (χ3n) is 2.09. The second kappa shape index (κ2) is 3.16. The average Bonchev–Trinajstić information content (AvgIpc) is 2.46. The van der Waals surface area contributed by atoms with E-state index in [0.717, 1.165) is 0 Å². The highest BCUT2D eigenvalue weighted by Gasteiger charge is 2.26. The van der Waals surface area contributed by atoms with Gasteiger partial charge in [0.05, 0.1) is 0 Å². The largest absolute Gasteiger partial charge is 0.507 e. The van der Waals surface area contributed by atoms with Gasteiger partial charge >= 0.3 is 5.97 Å². The van der Waals surface area contributed by atoms with Crippen molar-refractivity contribution in [2.75, 3.05) is 0 Å². The molecule has 0 saturated carbocycles. The van der Waals surface area contributed by atoms with Crippen LogP contribution in [-0.4, -0.2) is 21.2 Å². The Morgan fingerprint density at radius 3 is 2.93 bits per heavy atom. The molecule has 0 aromatic heterocycles. The molecule has 0 fully saturated rings. The van der Waals surface area contributed by atoms with Crippen LogP contribution in [0.15, 0.2) is 12.1 Å². The minimum atomic E-state index is -1.14. The van der Waals surface area contributed by atoms with E-state index in [2.05, 4.69) is 15.9 Å². The molecule has 74 valence electrons. The van der Waals surface area contributed by atoms with E-state index >= 15 is 0 Å². The summed E-state index contributed by atoms with van der Waals surface area (Å²) in [4.78, 5) is 10.7. The van der Waals surface area contributed by atoms with E-state index in [9.17, 15) is 9.90 Å². The molecular weight excluding hydrogens is 252 g/mol. The summed E-state index contributed by atoms with van der Waals surface area (Å²) < 4.78 is 5.29. The number of halogens is 1. The number of benzene rings is 1. The molecule has 4 nitrogen and oxygen atoms in total. The minimum Gasteiger partial charge on any atom is -0.507 e. The lowest BCUT2D eigenvalue weighted by atomic mass is 10.1. The van der Waals surface area contributed by atoms with Crippen molar-refractivity contribution in [3.05, 3.63) is 23.3 Å². The Labute approximate surface area is 88.3 Å². The van der Waals surface area contributed by atoms with Gasteiger partial charge in [0.1, 0.15) is 17.1 Å². The van der Waals surface area contributed by atoms with Crippen LogP contribution in [0.25, 0.3) is 0 Å². The summed E-state index contributed by atoms with van der Waals surface area (Å²) in [5, 5.41) is 18.2. The lowest BCUT2D eigenvalue weighted by Crippen LogP contribution is -2.00. The first-order chi connectivity index (χ1) is 6.59. The summed E-state index contributed by atoms with van der Waals surface area (Å²) >= 11 is 3.23. The summed E-state index contributed by atoms with van der Waals surface area (Å²) in [6, 6.07) is 2.89. The van der Waals surface area contributed by atoms with Crippen molar-refractivity contribution in [1.29, 1.82) is 0 Å². The summed E-state index contributed by atoms with van der Waals surface area (Å²) in [5.74, 6) is -0.797. The Morgan fingerprint density at radius 2 is 2.29 bits per heavy atom. The lowest BCUT2D eigenvalue weighted by Gasteiger charge is -2.03. The van der Waals surface area contributed by atoms with Crippen LogP contribution in [0, 0.1) is 0 Å². The molecule has 1 aliphatic rings. The first kappa shape index (κ1) is 9.33. The molecule has 2 N–H and O–H groups in total. The maximum atomic E-state index is 10.7. The standard InChI is InChI=1S/C9H7BrO4/c10-7-3-5-6(14-7)2-1-4(8(5)11)9(12)13/h1-2,7,11H,3H2,(H,12,13). The molecule has 14 heavy (non-hydrogen) atoms. The Morgan fingerprint density at radius 1 is 1.57 bits per heavy atom. The fourth-order valence-electron chi connectivity index (χ4n) is 1.44. The Bertz CT molecular complexity index is 402. The van der Waals surface area contributed by atoms with Gasteiger partial charge in [-0.1, -0.05) is 0 Å². The summed E-state index contributed by atoms with van der Waals surface area (Å²) in [7, 11) is 0. The monoisotopic (exact) mass is 258 g/mol. The zero-order valence-corrected chi connectivity index (χ0v) is 8.61. The zero-order valence-electron chi connectivity index (χ0n) is 7.03. The van der Waals surface area contributed by atoms with Gasteiger partial charge in [-0.05, 0) is 28.1 Å². The predicted octanol–water partition coefficient (Wildman–Crippen LogP) is 1.75. The molecule has 0 saturated heterocycles. The van der Waals surface area contributed by atoms with E-state index in [4.69, 9.17) is 9.84 Å². The topological polar surface area (TPSA) is 66.8 Å². The average molecular weight is 259 g/mol. The van der Waals surface area contributed by atoms with Crippen LogP contribution in [0.5, 0.6) is 11.5 Å². The van der Waals surface area contributed by atoms with Crippen LogP contribution in [0.4, 0.5) is 0 Å². The van der Waals surface area contributed by atoms with Crippen molar-refractivity contribution >= 4 is 21.9 Å². The third-order valence-corrected chi connectivity index (χ3v) is 2.60. The van der Waals surface area contributed by atoms with Crippen molar-refractivity contribution in [3.63, 3.8) is 0 Å². The Balaban J connectivity index is 2.53. The number of hydrogen-bond acceptors (Lipinski definition) is 3. The molecule has 0 amide bonds. The molecule has 0 spiro atoms. The summed E-state index contributed by atoms with van der Waals surface area (Å²) in [6.07, 6.45) is 0.474. The highest BCUT2D eigenvalue weighted by Crippen LogP contribution is 2.39. The number of hydrogen-bond donors (Lipinski definition) is 2. The van der Waals surface area contributed by atoms with Gasteiger partial charge in [-0.2, -0.15) is 0 Å². The Hall–Kier alpha value is -1.23. The molecule has 1 aromatic carbocycles. The SMILES string of the molecule is O=C(O)c1ccc2c(c1O)CC(Br)O2. The fraction of sp³-hybridized carbons (Fsp3) is 0.222. The second-order valence-corrected chi connectivity index (χ2v) is 4.00. The summed E-state index contributed by atoms with van der Waals surface area (Å²) in [6.45, 7) is 0. The molecule has 0 aliphatic carbocycles. The number of phenols is 1.